The van der Waals surface area contributed by atoms with Crippen LogP contribution in [0.5, 0.6) is 11.6 Å². The van der Waals surface area contributed by atoms with Crippen molar-refractivity contribution in [3.63, 3.8) is 0 Å². The number of nitrogens with zero attached hydrogens (tertiary/aromatic N) is 3. The zero-order chi connectivity index (χ0) is 12.7. The van der Waals surface area contributed by atoms with Crippen molar-refractivity contribution in [3.05, 3.63) is 23.9 Å². The fourth-order valence-electron chi connectivity index (χ4n) is 2.25. The molecule has 2 aromatic heterocycles. The van der Waals surface area contributed by atoms with Gasteiger partial charge in [-0.05, 0) is 12.1 Å². The Bertz CT molecular complexity index is 648. The van der Waals surface area contributed by atoms with Gasteiger partial charge in [-0.2, -0.15) is 0 Å². The fourth-order valence-corrected chi connectivity index (χ4v) is 3.19. The van der Waals surface area contributed by atoms with E-state index in [1.807, 2.05) is 12.1 Å². The molecule has 5 nitrogen and oxygen atoms in total. The van der Waals surface area contributed by atoms with Gasteiger partial charge in [0.05, 0.1) is 18.1 Å². The van der Waals surface area contributed by atoms with Crippen molar-refractivity contribution in [2.75, 3.05) is 19.0 Å². The van der Waals surface area contributed by atoms with Crippen molar-refractivity contribution in [2.45, 2.75) is 11.3 Å². The van der Waals surface area contributed by atoms with Gasteiger partial charge in [-0.25, -0.2) is 0 Å². The van der Waals surface area contributed by atoms with Crippen LogP contribution in [0.25, 0.3) is 11.4 Å². The van der Waals surface area contributed by atoms with Crippen molar-refractivity contribution in [1.29, 1.82) is 0 Å². The number of thioether (sulfide) groups is 1. The first-order valence-electron chi connectivity index (χ1n) is 6.16. The Labute approximate surface area is 114 Å². The van der Waals surface area contributed by atoms with Gasteiger partial charge < -0.3 is 9.47 Å². The average Bonchev–Trinajstić information content (AvgIpc) is 2.94. The SMILES string of the molecule is c1cc2c(c(-c3cc4c(nn3)OCC4)n1)SCCO2. The van der Waals surface area contributed by atoms with Gasteiger partial charge in [-0.1, -0.05) is 0 Å². The third-order valence-corrected chi connectivity index (χ3v) is 4.20. The Kier molecular flexibility index (Phi) is 2.55. The van der Waals surface area contributed by atoms with Crippen molar-refractivity contribution in [2.24, 2.45) is 0 Å². The van der Waals surface area contributed by atoms with E-state index in [4.69, 9.17) is 9.47 Å². The van der Waals surface area contributed by atoms with Gasteiger partial charge in [-0.3, -0.25) is 4.98 Å². The second kappa shape index (κ2) is 4.38. The Balaban J connectivity index is 1.84. The van der Waals surface area contributed by atoms with E-state index in [9.17, 15) is 0 Å². The number of hydrogen-bond acceptors (Lipinski definition) is 6. The summed E-state index contributed by atoms with van der Waals surface area (Å²) in [7, 11) is 0. The molecule has 0 saturated carbocycles. The molecule has 0 saturated heterocycles. The second-order valence-corrected chi connectivity index (χ2v) is 5.45. The second-order valence-electron chi connectivity index (χ2n) is 4.34. The highest BCUT2D eigenvalue weighted by Gasteiger charge is 2.21. The maximum atomic E-state index is 5.64. The summed E-state index contributed by atoms with van der Waals surface area (Å²) < 4.78 is 11.0. The van der Waals surface area contributed by atoms with Crippen LogP contribution in [0, 0.1) is 0 Å². The summed E-state index contributed by atoms with van der Waals surface area (Å²) in [5.74, 6) is 2.48. The van der Waals surface area contributed by atoms with Crippen molar-refractivity contribution in [1.82, 2.24) is 15.2 Å². The molecule has 4 rings (SSSR count). The maximum Gasteiger partial charge on any atom is 0.236 e. The minimum atomic E-state index is 0.650. The molecular weight excluding hydrogens is 262 g/mol. The van der Waals surface area contributed by atoms with E-state index in [1.54, 1.807) is 18.0 Å². The van der Waals surface area contributed by atoms with Gasteiger partial charge in [0.2, 0.25) is 5.88 Å². The molecule has 0 spiro atoms. The molecule has 0 aromatic carbocycles. The van der Waals surface area contributed by atoms with Crippen LogP contribution >= 0.6 is 11.8 Å². The van der Waals surface area contributed by atoms with Gasteiger partial charge in [0.25, 0.3) is 0 Å². The topological polar surface area (TPSA) is 57.1 Å². The van der Waals surface area contributed by atoms with Gasteiger partial charge in [0.1, 0.15) is 17.1 Å². The van der Waals surface area contributed by atoms with E-state index in [1.165, 1.54) is 0 Å². The predicted octanol–water partition coefficient (Wildman–Crippen LogP) is 1.96. The lowest BCUT2D eigenvalue weighted by Crippen LogP contribution is -2.08. The molecule has 2 aliphatic rings. The molecular formula is C13H11N3O2S. The minimum absolute atomic E-state index is 0.650. The first-order chi connectivity index (χ1) is 9.42. The Morgan fingerprint density at radius 3 is 3.16 bits per heavy atom. The van der Waals surface area contributed by atoms with Crippen LogP contribution in [0.2, 0.25) is 0 Å². The molecule has 0 atom stereocenters. The molecule has 19 heavy (non-hydrogen) atoms. The Morgan fingerprint density at radius 1 is 1.16 bits per heavy atom. The molecule has 96 valence electrons. The van der Waals surface area contributed by atoms with E-state index < -0.39 is 0 Å². The molecule has 2 aromatic rings. The van der Waals surface area contributed by atoms with Gasteiger partial charge in [0.15, 0.2) is 0 Å². The highest BCUT2D eigenvalue weighted by Crippen LogP contribution is 2.39. The Hall–Kier alpha value is -1.82. The summed E-state index contributed by atoms with van der Waals surface area (Å²) in [6, 6.07) is 3.92. The normalized spacial score (nSPS) is 16.2. The number of hydrogen-bond donors (Lipinski definition) is 0. The summed E-state index contributed by atoms with van der Waals surface area (Å²) >= 11 is 1.76. The molecule has 0 radical (unpaired) electrons. The van der Waals surface area contributed by atoms with Gasteiger partial charge in [-0.15, -0.1) is 22.0 Å². The summed E-state index contributed by atoms with van der Waals surface area (Å²) in [5, 5.41) is 8.34. The number of pyridine rings is 1. The van der Waals surface area contributed by atoms with Crippen LogP contribution in [-0.2, 0) is 6.42 Å². The van der Waals surface area contributed by atoms with Gasteiger partial charge in [0, 0.05) is 23.9 Å². The molecule has 0 N–H and O–H groups in total. The molecule has 2 aliphatic heterocycles. The standard InChI is InChI=1S/C13H11N3O2S/c1-3-14-11(12-10(1)17-5-6-19-12)9-7-8-2-4-18-13(8)16-15-9/h1,3,7H,2,4-6H2. The molecule has 6 heteroatoms. The number of fused-ring (bicyclic) bond motifs is 2. The highest BCUT2D eigenvalue weighted by atomic mass is 32.2. The molecule has 0 aliphatic carbocycles. The quantitative estimate of drug-likeness (QED) is 0.791. The number of aromatic nitrogens is 3. The van der Waals surface area contributed by atoms with Crippen molar-refractivity contribution < 1.29 is 9.47 Å². The largest absolute Gasteiger partial charge is 0.491 e. The Morgan fingerprint density at radius 2 is 2.16 bits per heavy atom. The van der Waals surface area contributed by atoms with E-state index in [-0.39, 0.29) is 0 Å². The molecule has 0 amide bonds. The minimum Gasteiger partial charge on any atom is -0.491 e. The highest BCUT2D eigenvalue weighted by molar-refractivity contribution is 7.99. The zero-order valence-electron chi connectivity index (χ0n) is 10.1. The summed E-state index contributed by atoms with van der Waals surface area (Å²) in [6.45, 7) is 1.43. The molecule has 0 bridgehead atoms. The van der Waals surface area contributed by atoms with E-state index >= 15 is 0 Å². The predicted molar refractivity (Wildman–Crippen MR) is 70.7 cm³/mol. The lowest BCUT2D eigenvalue weighted by molar-refractivity contribution is 0.329. The smallest absolute Gasteiger partial charge is 0.236 e. The lowest BCUT2D eigenvalue weighted by Gasteiger charge is -2.18. The number of rotatable bonds is 1. The van der Waals surface area contributed by atoms with Crippen LogP contribution in [-0.4, -0.2) is 34.1 Å². The third-order valence-electron chi connectivity index (χ3n) is 3.14. The van der Waals surface area contributed by atoms with E-state index in [0.717, 1.165) is 46.4 Å². The summed E-state index contributed by atoms with van der Waals surface area (Å²) in [4.78, 5) is 5.50. The fraction of sp³-hybridized carbons (Fsp3) is 0.308. The molecule has 0 fully saturated rings. The van der Waals surface area contributed by atoms with Crippen LogP contribution in [0.1, 0.15) is 5.56 Å². The summed E-state index contributed by atoms with van der Waals surface area (Å²) in [6.07, 6.45) is 2.64. The third kappa shape index (κ3) is 1.83. The first-order valence-corrected chi connectivity index (χ1v) is 7.15. The summed E-state index contributed by atoms with van der Waals surface area (Å²) in [5.41, 5.74) is 2.75. The van der Waals surface area contributed by atoms with Crippen molar-refractivity contribution >= 4 is 11.8 Å². The number of ether oxygens (including phenoxy) is 2. The average molecular weight is 273 g/mol. The van der Waals surface area contributed by atoms with E-state index in [0.29, 0.717) is 12.5 Å². The van der Waals surface area contributed by atoms with Crippen LogP contribution in [0.4, 0.5) is 0 Å². The molecule has 0 unspecified atom stereocenters. The van der Waals surface area contributed by atoms with Crippen LogP contribution in [0.3, 0.4) is 0 Å². The van der Waals surface area contributed by atoms with Crippen LogP contribution in [0.15, 0.2) is 23.2 Å². The van der Waals surface area contributed by atoms with Crippen molar-refractivity contribution in [3.8, 4) is 23.0 Å². The lowest BCUT2D eigenvalue weighted by atomic mass is 10.2. The molecule has 4 heterocycles. The van der Waals surface area contributed by atoms with E-state index in [2.05, 4.69) is 15.2 Å². The zero-order valence-corrected chi connectivity index (χ0v) is 10.9. The van der Waals surface area contributed by atoms with Crippen LogP contribution < -0.4 is 9.47 Å². The first kappa shape index (κ1) is 11.0. The maximum absolute atomic E-state index is 5.64. The monoisotopic (exact) mass is 273 g/mol. The van der Waals surface area contributed by atoms with Gasteiger partial charge >= 0.3 is 0 Å².